The molecule has 0 aromatic heterocycles. The van der Waals surface area contributed by atoms with Crippen molar-refractivity contribution in [2.75, 3.05) is 0 Å². The molecule has 8 heteroatoms. The number of hydrogen-bond donors (Lipinski definition) is 0. The number of rotatable bonds is 1. The topological polar surface area (TPSA) is 0 Å². The average molecular weight is 322 g/mol. The molecule has 0 unspecified atom stereocenters. The van der Waals surface area contributed by atoms with Gasteiger partial charge in [0.2, 0.25) is 5.83 Å². The van der Waals surface area contributed by atoms with Gasteiger partial charge in [0, 0.05) is 0 Å². The number of hydrogen-bond acceptors (Lipinski definition) is 0. The summed E-state index contributed by atoms with van der Waals surface area (Å²) in [5.74, 6) is -5.71. The van der Waals surface area contributed by atoms with Gasteiger partial charge in [-0.25, -0.2) is 8.78 Å². The third kappa shape index (κ3) is 3.34. The molecule has 0 aliphatic carbocycles. The summed E-state index contributed by atoms with van der Waals surface area (Å²) in [6.45, 7) is 0. The molecule has 0 radical (unpaired) electrons. The van der Waals surface area contributed by atoms with Crippen LogP contribution in [-0.4, -0.2) is 9.66 Å². The van der Waals surface area contributed by atoms with Gasteiger partial charge in [0.05, 0.1) is 0 Å². The Morgan fingerprint density at radius 1 is 0.833 bits per heavy atom. The zero-order valence-electron chi connectivity index (χ0n) is 5.02. The minimum Gasteiger partial charge on any atom is -0.210 e. The first-order valence-electron chi connectivity index (χ1n) is 2.26. The molecule has 0 amide bonds. The van der Waals surface area contributed by atoms with E-state index >= 15 is 0 Å². The second kappa shape index (κ2) is 3.57. The zero-order chi connectivity index (χ0) is 10.2. The summed E-state index contributed by atoms with van der Waals surface area (Å²) in [6.07, 6.45) is -5.52. The Labute approximate surface area is 79.9 Å². The molecule has 0 aromatic carbocycles. The average Bonchev–Trinajstić information content (AvgIpc) is 1.80. The van der Waals surface area contributed by atoms with Gasteiger partial charge in [0.25, 0.3) is 3.49 Å². The van der Waals surface area contributed by atoms with Gasteiger partial charge >= 0.3 is 6.18 Å². The maximum atomic E-state index is 12.2. The molecule has 0 atom stereocenters. The molecule has 0 rings (SSSR count). The second-order valence-electron chi connectivity index (χ2n) is 1.62. The number of alkyl halides is 6. The van der Waals surface area contributed by atoms with E-state index in [0.717, 1.165) is 0 Å². The van der Waals surface area contributed by atoms with Crippen LogP contribution in [-0.2, 0) is 0 Å². The van der Waals surface area contributed by atoms with Gasteiger partial charge < -0.3 is 0 Å². The van der Waals surface area contributed by atoms with Crippen LogP contribution in [0.4, 0.5) is 26.3 Å². The summed E-state index contributed by atoms with van der Waals surface area (Å²) in [5.41, 5.74) is 0. The van der Waals surface area contributed by atoms with Gasteiger partial charge in [0.1, 0.15) is 0 Å². The van der Waals surface area contributed by atoms with Crippen LogP contribution in [0, 0.1) is 0 Å². The minimum atomic E-state index is -5.52. The smallest absolute Gasteiger partial charge is 0.210 e. The largest absolute Gasteiger partial charge is 0.445 e. The monoisotopic (exact) mass is 320 g/mol. The molecular formula is C4Br2F6. The fourth-order valence-corrected chi connectivity index (χ4v) is 0.597. The lowest BCUT2D eigenvalue weighted by atomic mass is 10.4. The van der Waals surface area contributed by atoms with Crippen molar-refractivity contribution in [1.82, 2.24) is 0 Å². The van der Waals surface area contributed by atoms with E-state index in [0.29, 0.717) is 0 Å². The zero-order valence-corrected chi connectivity index (χ0v) is 8.20. The SMILES string of the molecule is FC(=C(F)C(F)(Br)Br)C(F)(F)F. The van der Waals surface area contributed by atoms with Crippen LogP contribution in [0.1, 0.15) is 0 Å². The summed E-state index contributed by atoms with van der Waals surface area (Å²) < 4.78 is 66.9. The first-order valence-corrected chi connectivity index (χ1v) is 3.85. The van der Waals surface area contributed by atoms with E-state index in [1.54, 1.807) is 0 Å². The van der Waals surface area contributed by atoms with Crippen molar-refractivity contribution < 1.29 is 26.3 Å². The van der Waals surface area contributed by atoms with Crippen LogP contribution in [0.5, 0.6) is 0 Å². The van der Waals surface area contributed by atoms with Crippen LogP contribution < -0.4 is 0 Å². The van der Waals surface area contributed by atoms with E-state index in [1.165, 1.54) is 0 Å². The van der Waals surface area contributed by atoms with Crippen molar-refractivity contribution in [3.63, 3.8) is 0 Å². The molecular weight excluding hydrogens is 322 g/mol. The third-order valence-corrected chi connectivity index (χ3v) is 1.39. The Hall–Kier alpha value is 0.280. The summed E-state index contributed by atoms with van der Waals surface area (Å²) in [6, 6.07) is 0. The first kappa shape index (κ1) is 12.3. The highest BCUT2D eigenvalue weighted by molar-refractivity contribution is 9.25. The van der Waals surface area contributed by atoms with Gasteiger partial charge in [-0.3, -0.25) is 0 Å². The lowest BCUT2D eigenvalue weighted by Gasteiger charge is -2.10. The van der Waals surface area contributed by atoms with Gasteiger partial charge in [0.15, 0.2) is 5.83 Å². The first-order chi connectivity index (χ1) is 5.07. The van der Waals surface area contributed by atoms with E-state index in [2.05, 4.69) is 0 Å². The highest BCUT2D eigenvalue weighted by atomic mass is 79.9. The van der Waals surface area contributed by atoms with Crippen molar-refractivity contribution in [1.29, 1.82) is 0 Å². The van der Waals surface area contributed by atoms with E-state index in [9.17, 15) is 26.3 Å². The van der Waals surface area contributed by atoms with Crippen molar-refractivity contribution in [3.05, 3.63) is 11.7 Å². The molecule has 0 nitrogen and oxygen atoms in total. The van der Waals surface area contributed by atoms with Gasteiger partial charge in [-0.2, -0.15) is 17.6 Å². The fraction of sp³-hybridized carbons (Fsp3) is 0.500. The maximum Gasteiger partial charge on any atom is 0.445 e. The Balaban J connectivity index is 4.96. The minimum absolute atomic E-state index is 1.81. The highest BCUT2D eigenvalue weighted by Crippen LogP contribution is 2.42. The number of allylic oxidation sites excluding steroid dienone is 2. The van der Waals surface area contributed by atoms with Crippen LogP contribution in [0.3, 0.4) is 0 Å². The standard InChI is InChI=1S/C4Br2F6/c5-3(6,9)1(7)2(8)4(10,11)12. The number of halogens is 8. The third-order valence-electron chi connectivity index (χ3n) is 0.690. The molecule has 0 spiro atoms. The van der Waals surface area contributed by atoms with Crippen molar-refractivity contribution in [3.8, 4) is 0 Å². The molecule has 0 heterocycles. The van der Waals surface area contributed by atoms with E-state index in [4.69, 9.17) is 0 Å². The summed E-state index contributed by atoms with van der Waals surface area (Å²) in [5, 5.41) is 0. The predicted octanol–water partition coefficient (Wildman–Crippen LogP) is 4.11. The van der Waals surface area contributed by atoms with Crippen LogP contribution in [0.25, 0.3) is 0 Å². The molecule has 0 saturated heterocycles. The second-order valence-corrected chi connectivity index (χ2v) is 4.87. The van der Waals surface area contributed by atoms with E-state index in [-0.39, 0.29) is 0 Å². The summed E-state index contributed by atoms with van der Waals surface area (Å²) >= 11 is 3.63. The Kier molecular flexibility index (Phi) is 3.65. The van der Waals surface area contributed by atoms with Crippen LogP contribution in [0.2, 0.25) is 0 Å². The van der Waals surface area contributed by atoms with Gasteiger partial charge in [-0.1, -0.05) is 0 Å². The normalized spacial score (nSPS) is 16.0. The van der Waals surface area contributed by atoms with Gasteiger partial charge in [-0.05, 0) is 31.9 Å². The van der Waals surface area contributed by atoms with E-state index in [1.807, 2.05) is 31.9 Å². The Morgan fingerprint density at radius 2 is 1.17 bits per heavy atom. The van der Waals surface area contributed by atoms with Crippen LogP contribution >= 0.6 is 31.9 Å². The summed E-state index contributed by atoms with van der Waals surface area (Å²) in [4.78, 5) is 0. The van der Waals surface area contributed by atoms with Crippen molar-refractivity contribution in [2.45, 2.75) is 9.66 Å². The summed E-state index contributed by atoms with van der Waals surface area (Å²) in [7, 11) is 0. The lowest BCUT2D eigenvalue weighted by molar-refractivity contribution is -0.111. The van der Waals surface area contributed by atoms with Gasteiger partial charge in [-0.15, -0.1) is 0 Å². The molecule has 0 aromatic rings. The molecule has 0 aliphatic rings. The molecule has 0 bridgehead atoms. The molecule has 12 heavy (non-hydrogen) atoms. The quantitative estimate of drug-likeness (QED) is 0.503. The van der Waals surface area contributed by atoms with E-state index < -0.39 is 21.3 Å². The molecule has 0 saturated carbocycles. The molecule has 0 fully saturated rings. The molecule has 0 N–H and O–H groups in total. The van der Waals surface area contributed by atoms with Crippen molar-refractivity contribution >= 4 is 31.9 Å². The Bertz CT molecular complexity index is 177. The molecule has 72 valence electrons. The van der Waals surface area contributed by atoms with Crippen LogP contribution in [0.15, 0.2) is 11.7 Å². The van der Waals surface area contributed by atoms with Crippen molar-refractivity contribution in [2.24, 2.45) is 0 Å². The highest BCUT2D eigenvalue weighted by Gasteiger charge is 2.44. The Morgan fingerprint density at radius 3 is 1.25 bits per heavy atom. The fourth-order valence-electron chi connectivity index (χ4n) is 0.249. The lowest BCUT2D eigenvalue weighted by Crippen LogP contribution is -2.15. The molecule has 0 aliphatic heterocycles. The predicted molar refractivity (Wildman–Crippen MR) is 37.0 cm³/mol. The maximum absolute atomic E-state index is 12.2.